The number of carbonyl (C=O) groups excluding carboxylic acids is 1. The fraction of sp³-hybridized carbons (Fsp3) is 0.118. The molecule has 0 unspecified atom stereocenters. The molecule has 2 aromatic rings. The summed E-state index contributed by atoms with van der Waals surface area (Å²) in [6, 6.07) is 9.93. The van der Waals surface area contributed by atoms with Gasteiger partial charge in [0.25, 0.3) is 0 Å². The van der Waals surface area contributed by atoms with Gasteiger partial charge in [-0.2, -0.15) is 0 Å². The lowest BCUT2D eigenvalue weighted by Gasteiger charge is -2.14. The van der Waals surface area contributed by atoms with Gasteiger partial charge in [-0.05, 0) is 6.92 Å². The number of ketones is 1. The Morgan fingerprint density at radius 1 is 1.19 bits per heavy atom. The van der Waals surface area contributed by atoms with E-state index in [0.717, 1.165) is 0 Å². The van der Waals surface area contributed by atoms with Crippen LogP contribution in [0.5, 0.6) is 17.2 Å². The molecule has 2 N–H and O–H groups in total. The molecule has 0 spiro atoms. The van der Waals surface area contributed by atoms with Crippen molar-refractivity contribution in [1.29, 1.82) is 0 Å². The van der Waals surface area contributed by atoms with Gasteiger partial charge in [-0.25, -0.2) is 0 Å². The number of phenols is 2. The maximum Gasteiger partial charge on any atom is 0.193 e. The summed E-state index contributed by atoms with van der Waals surface area (Å²) < 4.78 is 5.05. The number of rotatable bonds is 4. The molecular weight excluding hydrogens is 268 g/mol. The summed E-state index contributed by atoms with van der Waals surface area (Å²) in [5, 5.41) is 20.2. The Kier molecular flexibility index (Phi) is 3.98. The number of benzene rings is 2. The molecule has 0 bridgehead atoms. The van der Waals surface area contributed by atoms with Gasteiger partial charge < -0.3 is 14.9 Å². The van der Waals surface area contributed by atoms with Crippen molar-refractivity contribution < 1.29 is 19.7 Å². The van der Waals surface area contributed by atoms with Gasteiger partial charge >= 0.3 is 0 Å². The monoisotopic (exact) mass is 284 g/mol. The molecular formula is C17H16O4. The number of hydrogen-bond acceptors (Lipinski definition) is 4. The number of carbonyl (C=O) groups is 1. The zero-order chi connectivity index (χ0) is 15.6. The maximum atomic E-state index is 12.4. The van der Waals surface area contributed by atoms with Gasteiger partial charge in [-0.1, -0.05) is 36.9 Å². The van der Waals surface area contributed by atoms with Crippen LogP contribution >= 0.6 is 0 Å². The van der Waals surface area contributed by atoms with E-state index < -0.39 is 0 Å². The molecule has 0 aliphatic carbocycles. The van der Waals surface area contributed by atoms with Crippen LogP contribution in [0.1, 0.15) is 21.5 Å². The maximum absolute atomic E-state index is 12.4. The van der Waals surface area contributed by atoms with Crippen LogP contribution in [0, 0.1) is 6.92 Å². The zero-order valence-electron chi connectivity index (χ0n) is 11.9. The summed E-state index contributed by atoms with van der Waals surface area (Å²) in [6.07, 6.45) is 0. The van der Waals surface area contributed by atoms with Crippen molar-refractivity contribution in [3.8, 4) is 17.2 Å². The second-order valence-electron chi connectivity index (χ2n) is 4.62. The van der Waals surface area contributed by atoms with E-state index in [1.807, 2.05) is 0 Å². The highest BCUT2D eigenvalue weighted by atomic mass is 16.5. The first-order valence-corrected chi connectivity index (χ1v) is 6.36. The molecule has 21 heavy (non-hydrogen) atoms. The van der Waals surface area contributed by atoms with Crippen LogP contribution in [-0.2, 0) is 0 Å². The molecule has 0 aromatic heterocycles. The number of allylic oxidation sites excluding steroid dienone is 1. The first kappa shape index (κ1) is 14.7. The van der Waals surface area contributed by atoms with Crippen molar-refractivity contribution in [3.05, 3.63) is 59.7 Å². The fourth-order valence-corrected chi connectivity index (χ4v) is 2.12. The number of aromatic hydroxyl groups is 2. The molecule has 0 amide bonds. The third-order valence-electron chi connectivity index (χ3n) is 3.32. The van der Waals surface area contributed by atoms with Gasteiger partial charge in [-0.3, -0.25) is 4.79 Å². The highest BCUT2D eigenvalue weighted by Crippen LogP contribution is 2.41. The molecule has 4 nitrogen and oxygen atoms in total. The second-order valence-corrected chi connectivity index (χ2v) is 4.62. The second kappa shape index (κ2) is 5.71. The van der Waals surface area contributed by atoms with E-state index in [-0.39, 0.29) is 28.4 Å². The molecule has 2 rings (SSSR count). The lowest BCUT2D eigenvalue weighted by atomic mass is 9.95. The highest BCUT2D eigenvalue weighted by Gasteiger charge is 2.22. The van der Waals surface area contributed by atoms with E-state index in [1.165, 1.54) is 13.2 Å². The Morgan fingerprint density at radius 3 is 2.38 bits per heavy atom. The van der Waals surface area contributed by atoms with E-state index in [9.17, 15) is 15.0 Å². The molecule has 2 aromatic carbocycles. The van der Waals surface area contributed by atoms with Crippen molar-refractivity contribution in [2.45, 2.75) is 6.92 Å². The third-order valence-corrected chi connectivity index (χ3v) is 3.32. The third kappa shape index (κ3) is 2.60. The van der Waals surface area contributed by atoms with Gasteiger partial charge in [0, 0.05) is 22.8 Å². The number of Topliss-reactive ketones (excluding diaryl/α,β-unsaturated/α-hetero) is 1. The first-order chi connectivity index (χ1) is 9.97. The van der Waals surface area contributed by atoms with E-state index >= 15 is 0 Å². The summed E-state index contributed by atoms with van der Waals surface area (Å²) in [6.45, 7) is 5.35. The Bertz CT molecular complexity index is 702. The molecule has 0 fully saturated rings. The fourth-order valence-electron chi connectivity index (χ4n) is 2.12. The largest absolute Gasteiger partial charge is 0.507 e. The van der Waals surface area contributed by atoms with E-state index in [0.29, 0.717) is 16.9 Å². The van der Waals surface area contributed by atoms with Crippen LogP contribution < -0.4 is 4.74 Å². The Hall–Kier alpha value is -2.75. The van der Waals surface area contributed by atoms with Crippen LogP contribution in [0.15, 0.2) is 43.0 Å². The normalized spacial score (nSPS) is 10.2. The summed E-state index contributed by atoms with van der Waals surface area (Å²) in [5.74, 6) is -0.468. The minimum atomic E-state index is -0.356. The molecule has 0 heterocycles. The van der Waals surface area contributed by atoms with Gasteiger partial charge in [-0.15, -0.1) is 0 Å². The van der Waals surface area contributed by atoms with Crippen molar-refractivity contribution in [3.63, 3.8) is 0 Å². The van der Waals surface area contributed by atoms with Gasteiger partial charge in [0.15, 0.2) is 5.78 Å². The summed E-state index contributed by atoms with van der Waals surface area (Å²) in [4.78, 5) is 12.4. The van der Waals surface area contributed by atoms with Crippen LogP contribution in [0.2, 0.25) is 0 Å². The van der Waals surface area contributed by atoms with Crippen molar-refractivity contribution >= 4 is 11.4 Å². The zero-order valence-corrected chi connectivity index (χ0v) is 11.9. The van der Waals surface area contributed by atoms with E-state index in [4.69, 9.17) is 4.74 Å². The number of hydrogen-bond donors (Lipinski definition) is 2. The highest BCUT2D eigenvalue weighted by molar-refractivity contribution is 6.29. The predicted octanol–water partition coefficient (Wildman–Crippen LogP) is 3.31. The first-order valence-electron chi connectivity index (χ1n) is 6.36. The molecule has 0 saturated carbocycles. The van der Waals surface area contributed by atoms with Crippen molar-refractivity contribution in [2.24, 2.45) is 0 Å². The average Bonchev–Trinajstić information content (AvgIpc) is 2.50. The molecule has 0 radical (unpaired) electrons. The minimum Gasteiger partial charge on any atom is -0.507 e. The summed E-state index contributed by atoms with van der Waals surface area (Å²) in [5.41, 5.74) is 0.936. The number of methoxy groups -OCH3 is 1. The van der Waals surface area contributed by atoms with Crippen LogP contribution in [0.3, 0.4) is 0 Å². The quantitative estimate of drug-likeness (QED) is 0.667. The van der Waals surface area contributed by atoms with Gasteiger partial charge in [0.2, 0.25) is 0 Å². The average molecular weight is 284 g/mol. The SMILES string of the molecule is C=C(C(=O)c1ccccc1)c1c(O)cc(OC)c(C)c1O. The summed E-state index contributed by atoms with van der Waals surface area (Å²) >= 11 is 0. The lowest BCUT2D eigenvalue weighted by Crippen LogP contribution is -2.03. The Balaban J connectivity index is 2.50. The van der Waals surface area contributed by atoms with Crippen LogP contribution in [-0.4, -0.2) is 23.1 Å². The molecule has 0 atom stereocenters. The molecule has 0 aliphatic heterocycles. The molecule has 4 heteroatoms. The van der Waals surface area contributed by atoms with E-state index in [2.05, 4.69) is 6.58 Å². The van der Waals surface area contributed by atoms with Gasteiger partial charge in [0.05, 0.1) is 12.7 Å². The standard InChI is InChI=1S/C17H16O4/c1-10-14(21-3)9-13(18)15(17(10)20)11(2)16(19)12-7-5-4-6-8-12/h4-9,18,20H,2H2,1,3H3. The van der Waals surface area contributed by atoms with Crippen LogP contribution in [0.4, 0.5) is 0 Å². The van der Waals surface area contributed by atoms with Crippen LogP contribution in [0.25, 0.3) is 5.57 Å². The Labute approximate surface area is 122 Å². The predicted molar refractivity (Wildman–Crippen MR) is 80.9 cm³/mol. The topological polar surface area (TPSA) is 66.8 Å². The smallest absolute Gasteiger partial charge is 0.193 e. The molecule has 108 valence electrons. The minimum absolute atomic E-state index is 0.0296. The summed E-state index contributed by atoms with van der Waals surface area (Å²) in [7, 11) is 1.44. The lowest BCUT2D eigenvalue weighted by molar-refractivity contribution is 0.105. The van der Waals surface area contributed by atoms with Gasteiger partial charge in [0.1, 0.15) is 17.2 Å². The van der Waals surface area contributed by atoms with Crippen molar-refractivity contribution in [2.75, 3.05) is 7.11 Å². The number of ether oxygens (including phenoxy) is 1. The Morgan fingerprint density at radius 2 is 1.81 bits per heavy atom. The van der Waals surface area contributed by atoms with E-state index in [1.54, 1.807) is 37.3 Å². The number of phenolic OH excluding ortho intramolecular Hbond substituents is 2. The molecule has 0 aliphatic rings. The molecule has 0 saturated heterocycles. The van der Waals surface area contributed by atoms with Crippen molar-refractivity contribution in [1.82, 2.24) is 0 Å².